The summed E-state index contributed by atoms with van der Waals surface area (Å²) < 4.78 is 0. The molecule has 4 nitrogen and oxygen atoms in total. The maximum atomic E-state index is 6.00. The van der Waals surface area contributed by atoms with E-state index in [0.29, 0.717) is 0 Å². The van der Waals surface area contributed by atoms with E-state index in [1.807, 2.05) is 32.9 Å². The van der Waals surface area contributed by atoms with E-state index < -0.39 is 0 Å². The van der Waals surface area contributed by atoms with Gasteiger partial charge < -0.3 is 10.7 Å². The molecule has 0 saturated carbocycles. The first-order chi connectivity index (χ1) is 7.96. The van der Waals surface area contributed by atoms with E-state index in [0.717, 1.165) is 29.2 Å². The Kier molecular flexibility index (Phi) is 2.98. The molecule has 2 heterocycles. The average Bonchev–Trinajstić information content (AvgIpc) is 2.58. The van der Waals surface area contributed by atoms with Gasteiger partial charge in [-0.2, -0.15) is 0 Å². The second-order valence-corrected chi connectivity index (χ2v) is 5.06. The minimum absolute atomic E-state index is 0.250. The molecule has 0 aliphatic rings. The van der Waals surface area contributed by atoms with Crippen molar-refractivity contribution in [2.75, 3.05) is 0 Å². The van der Waals surface area contributed by atoms with E-state index in [1.165, 1.54) is 0 Å². The summed E-state index contributed by atoms with van der Waals surface area (Å²) in [7, 11) is 0. The SMILES string of the molecule is Cc1[nH]c(CC(C)(C)N)nc1-c1ccncc1. The van der Waals surface area contributed by atoms with Crippen LogP contribution in [0.2, 0.25) is 0 Å². The first kappa shape index (κ1) is 11.8. The number of rotatable bonds is 3. The molecule has 0 aliphatic heterocycles. The molecule has 0 amide bonds. The number of aromatic nitrogens is 3. The fraction of sp³-hybridized carbons (Fsp3) is 0.385. The van der Waals surface area contributed by atoms with Gasteiger partial charge in [-0.05, 0) is 32.9 Å². The lowest BCUT2D eigenvalue weighted by Gasteiger charge is -2.15. The van der Waals surface area contributed by atoms with Crippen molar-refractivity contribution in [2.24, 2.45) is 5.73 Å². The van der Waals surface area contributed by atoms with Crippen LogP contribution in [0.25, 0.3) is 11.3 Å². The van der Waals surface area contributed by atoms with Crippen molar-refractivity contribution < 1.29 is 0 Å². The van der Waals surface area contributed by atoms with Gasteiger partial charge in [0.05, 0.1) is 5.69 Å². The molecule has 0 atom stereocenters. The average molecular weight is 230 g/mol. The van der Waals surface area contributed by atoms with E-state index in [-0.39, 0.29) is 5.54 Å². The number of hydrogen-bond donors (Lipinski definition) is 2. The summed E-state index contributed by atoms with van der Waals surface area (Å²) in [5.41, 5.74) is 8.87. The topological polar surface area (TPSA) is 67.6 Å². The number of nitrogens with two attached hydrogens (primary N) is 1. The molecule has 0 bridgehead atoms. The summed E-state index contributed by atoms with van der Waals surface area (Å²) in [5, 5.41) is 0. The molecular weight excluding hydrogens is 212 g/mol. The maximum Gasteiger partial charge on any atom is 0.108 e. The first-order valence-electron chi connectivity index (χ1n) is 5.70. The van der Waals surface area contributed by atoms with Gasteiger partial charge >= 0.3 is 0 Å². The number of aryl methyl sites for hydroxylation is 1. The highest BCUT2D eigenvalue weighted by atomic mass is 14.9. The van der Waals surface area contributed by atoms with Gasteiger partial charge in [0.2, 0.25) is 0 Å². The van der Waals surface area contributed by atoms with Crippen LogP contribution >= 0.6 is 0 Å². The number of nitrogens with zero attached hydrogens (tertiary/aromatic N) is 2. The van der Waals surface area contributed by atoms with Crippen molar-refractivity contribution in [1.82, 2.24) is 15.0 Å². The number of pyridine rings is 1. The minimum Gasteiger partial charge on any atom is -0.346 e. The molecule has 0 fully saturated rings. The zero-order valence-corrected chi connectivity index (χ0v) is 10.5. The number of aromatic amines is 1. The maximum absolute atomic E-state index is 6.00. The molecular formula is C13H18N4. The highest BCUT2D eigenvalue weighted by molar-refractivity contribution is 5.61. The second kappa shape index (κ2) is 4.30. The first-order valence-corrected chi connectivity index (χ1v) is 5.70. The molecule has 0 radical (unpaired) electrons. The lowest BCUT2D eigenvalue weighted by molar-refractivity contribution is 0.504. The van der Waals surface area contributed by atoms with Gasteiger partial charge in [0.1, 0.15) is 5.82 Å². The van der Waals surface area contributed by atoms with Crippen LogP contribution in [0, 0.1) is 6.92 Å². The molecule has 0 saturated heterocycles. The largest absolute Gasteiger partial charge is 0.346 e. The molecule has 17 heavy (non-hydrogen) atoms. The third kappa shape index (κ3) is 2.91. The van der Waals surface area contributed by atoms with Gasteiger partial charge in [0, 0.05) is 35.6 Å². The third-order valence-electron chi connectivity index (χ3n) is 2.51. The van der Waals surface area contributed by atoms with Crippen molar-refractivity contribution in [1.29, 1.82) is 0 Å². The smallest absolute Gasteiger partial charge is 0.108 e. The van der Waals surface area contributed by atoms with Gasteiger partial charge in [-0.1, -0.05) is 0 Å². The van der Waals surface area contributed by atoms with Gasteiger partial charge in [0.15, 0.2) is 0 Å². The Morgan fingerprint density at radius 2 is 1.94 bits per heavy atom. The zero-order valence-electron chi connectivity index (χ0n) is 10.5. The van der Waals surface area contributed by atoms with Crippen LogP contribution in [0.5, 0.6) is 0 Å². The lowest BCUT2D eigenvalue weighted by Crippen LogP contribution is -2.34. The summed E-state index contributed by atoms with van der Waals surface area (Å²) in [5.74, 6) is 0.932. The molecule has 0 spiro atoms. The van der Waals surface area contributed by atoms with Crippen molar-refractivity contribution in [3.8, 4) is 11.3 Å². The Hall–Kier alpha value is -1.68. The second-order valence-electron chi connectivity index (χ2n) is 5.06. The number of H-pyrrole nitrogens is 1. The molecule has 90 valence electrons. The van der Waals surface area contributed by atoms with Gasteiger partial charge in [-0.3, -0.25) is 4.98 Å². The monoisotopic (exact) mass is 230 g/mol. The van der Waals surface area contributed by atoms with Crippen molar-refractivity contribution >= 4 is 0 Å². The van der Waals surface area contributed by atoms with Gasteiger partial charge in [0.25, 0.3) is 0 Å². The van der Waals surface area contributed by atoms with Gasteiger partial charge in [-0.25, -0.2) is 4.98 Å². The Balaban J connectivity index is 2.32. The number of hydrogen-bond acceptors (Lipinski definition) is 3. The third-order valence-corrected chi connectivity index (χ3v) is 2.51. The van der Waals surface area contributed by atoms with Crippen molar-refractivity contribution in [3.05, 3.63) is 36.0 Å². The zero-order chi connectivity index (χ0) is 12.5. The summed E-state index contributed by atoms with van der Waals surface area (Å²) in [6.45, 7) is 6.02. The lowest BCUT2D eigenvalue weighted by atomic mass is 10.0. The molecule has 3 N–H and O–H groups in total. The predicted octanol–water partition coefficient (Wildman–Crippen LogP) is 2.06. The Labute approximate surface area is 101 Å². The van der Waals surface area contributed by atoms with Crippen LogP contribution < -0.4 is 5.73 Å². The molecule has 2 rings (SSSR count). The van der Waals surface area contributed by atoms with E-state index in [9.17, 15) is 0 Å². The molecule has 2 aromatic heterocycles. The molecule has 0 unspecified atom stereocenters. The van der Waals surface area contributed by atoms with E-state index in [2.05, 4.69) is 15.0 Å². The molecule has 4 heteroatoms. The number of nitrogens with one attached hydrogen (secondary N) is 1. The van der Waals surface area contributed by atoms with Crippen LogP contribution in [0.4, 0.5) is 0 Å². The Bertz CT molecular complexity index is 494. The van der Waals surface area contributed by atoms with Crippen LogP contribution in [0.3, 0.4) is 0 Å². The van der Waals surface area contributed by atoms with Crippen LogP contribution in [-0.2, 0) is 6.42 Å². The Morgan fingerprint density at radius 1 is 1.29 bits per heavy atom. The molecule has 0 aliphatic carbocycles. The summed E-state index contributed by atoms with van der Waals surface area (Å²) in [6.07, 6.45) is 4.28. The van der Waals surface area contributed by atoms with Crippen molar-refractivity contribution in [3.63, 3.8) is 0 Å². The summed E-state index contributed by atoms with van der Waals surface area (Å²) >= 11 is 0. The van der Waals surface area contributed by atoms with E-state index in [4.69, 9.17) is 5.73 Å². The minimum atomic E-state index is -0.250. The standard InChI is InChI=1S/C13H18N4/c1-9-12(10-4-6-15-7-5-10)17-11(16-9)8-13(2,3)14/h4-7H,8,14H2,1-3H3,(H,16,17). The van der Waals surface area contributed by atoms with Crippen LogP contribution in [0.15, 0.2) is 24.5 Å². The summed E-state index contributed by atoms with van der Waals surface area (Å²) in [4.78, 5) is 11.9. The highest BCUT2D eigenvalue weighted by Gasteiger charge is 2.16. The number of imidazole rings is 1. The van der Waals surface area contributed by atoms with E-state index in [1.54, 1.807) is 12.4 Å². The Morgan fingerprint density at radius 3 is 2.53 bits per heavy atom. The molecule has 2 aromatic rings. The van der Waals surface area contributed by atoms with Gasteiger partial charge in [-0.15, -0.1) is 0 Å². The van der Waals surface area contributed by atoms with Crippen LogP contribution in [-0.4, -0.2) is 20.5 Å². The summed E-state index contributed by atoms with van der Waals surface area (Å²) in [6, 6.07) is 3.92. The molecule has 0 aromatic carbocycles. The fourth-order valence-corrected chi connectivity index (χ4v) is 1.83. The van der Waals surface area contributed by atoms with Crippen LogP contribution in [0.1, 0.15) is 25.4 Å². The quantitative estimate of drug-likeness (QED) is 0.848. The fourth-order valence-electron chi connectivity index (χ4n) is 1.83. The predicted molar refractivity (Wildman–Crippen MR) is 68.5 cm³/mol. The van der Waals surface area contributed by atoms with E-state index >= 15 is 0 Å². The van der Waals surface area contributed by atoms with Crippen molar-refractivity contribution in [2.45, 2.75) is 32.7 Å². The normalized spacial score (nSPS) is 11.8. The highest BCUT2D eigenvalue weighted by Crippen LogP contribution is 2.21.